The van der Waals surface area contributed by atoms with Gasteiger partial charge in [-0.15, -0.1) is 0 Å². The summed E-state index contributed by atoms with van der Waals surface area (Å²) < 4.78 is 0. The van der Waals surface area contributed by atoms with E-state index in [9.17, 15) is 5.11 Å². The molecule has 0 aliphatic rings. The smallest absolute Gasteiger partial charge is 0.0927 e. The minimum atomic E-state index is -0.396. The first-order valence-electron chi connectivity index (χ1n) is 3.69. The van der Waals surface area contributed by atoms with E-state index in [2.05, 4.69) is 13.8 Å². The first kappa shape index (κ1) is 8.96. The molecule has 0 aromatic rings. The first-order valence-corrected chi connectivity index (χ1v) is 3.69. The lowest BCUT2D eigenvalue weighted by atomic mass is 9.95. The van der Waals surface area contributed by atoms with Gasteiger partial charge in [0.2, 0.25) is 0 Å². The van der Waals surface area contributed by atoms with Crippen LogP contribution in [0.5, 0.6) is 0 Å². The summed E-state index contributed by atoms with van der Waals surface area (Å²) >= 11 is 0. The van der Waals surface area contributed by atoms with Gasteiger partial charge in [-0.1, -0.05) is 20.8 Å². The summed E-state index contributed by atoms with van der Waals surface area (Å²) in [5.74, 6) is 1.00. The highest BCUT2D eigenvalue weighted by Gasteiger charge is 2.11. The molecule has 2 unspecified atom stereocenters. The molecule has 0 saturated carbocycles. The van der Waals surface area contributed by atoms with Crippen LogP contribution in [0.25, 0.3) is 0 Å². The lowest BCUT2D eigenvalue weighted by molar-refractivity contribution is 0.0508. The second-order valence-corrected chi connectivity index (χ2v) is 3.31. The standard InChI is InChI=1S/C8H17O/c1-6(2)5-7(3)8(4)9/h6-8H,5H2,1-4H3. The molecule has 0 rings (SSSR count). The lowest BCUT2D eigenvalue weighted by Crippen LogP contribution is -2.13. The Bertz CT molecular complexity index is 67.0. The van der Waals surface area contributed by atoms with Gasteiger partial charge in [0, 0.05) is 0 Å². The molecule has 0 N–H and O–H groups in total. The maximum Gasteiger partial charge on any atom is 0.0927 e. The van der Waals surface area contributed by atoms with Gasteiger partial charge in [0.25, 0.3) is 0 Å². The summed E-state index contributed by atoms with van der Waals surface area (Å²) in [6, 6.07) is 0. The van der Waals surface area contributed by atoms with E-state index in [-0.39, 0.29) is 0 Å². The van der Waals surface area contributed by atoms with E-state index >= 15 is 0 Å². The van der Waals surface area contributed by atoms with Crippen LogP contribution in [0.3, 0.4) is 0 Å². The van der Waals surface area contributed by atoms with Gasteiger partial charge in [0.1, 0.15) is 0 Å². The summed E-state index contributed by atoms with van der Waals surface area (Å²) in [5, 5.41) is 10.8. The van der Waals surface area contributed by atoms with Crippen molar-refractivity contribution in [3.05, 3.63) is 0 Å². The fraction of sp³-hybridized carbons (Fsp3) is 1.00. The molecule has 0 fully saturated rings. The van der Waals surface area contributed by atoms with Crippen LogP contribution in [0, 0.1) is 11.8 Å². The van der Waals surface area contributed by atoms with E-state index < -0.39 is 6.10 Å². The van der Waals surface area contributed by atoms with Crippen molar-refractivity contribution in [2.24, 2.45) is 11.8 Å². The third-order valence-corrected chi connectivity index (χ3v) is 1.64. The van der Waals surface area contributed by atoms with Gasteiger partial charge in [-0.05, 0) is 25.2 Å². The van der Waals surface area contributed by atoms with Gasteiger partial charge in [-0.3, -0.25) is 0 Å². The molecule has 0 bridgehead atoms. The van der Waals surface area contributed by atoms with E-state index in [4.69, 9.17) is 0 Å². The predicted octanol–water partition coefficient (Wildman–Crippen LogP) is 2.49. The van der Waals surface area contributed by atoms with Crippen LogP contribution in [-0.2, 0) is 5.11 Å². The zero-order valence-electron chi connectivity index (χ0n) is 6.85. The lowest BCUT2D eigenvalue weighted by Gasteiger charge is -2.14. The van der Waals surface area contributed by atoms with E-state index in [0.29, 0.717) is 11.8 Å². The second-order valence-electron chi connectivity index (χ2n) is 3.31. The Hall–Kier alpha value is -0.0400. The molecule has 0 aromatic heterocycles. The van der Waals surface area contributed by atoms with E-state index in [0.717, 1.165) is 6.42 Å². The molecule has 9 heavy (non-hydrogen) atoms. The SMILES string of the molecule is CC(C)CC(C)C(C)[O]. The molecule has 1 heteroatoms. The minimum absolute atomic E-state index is 0.338. The van der Waals surface area contributed by atoms with Crippen LogP contribution in [0.2, 0.25) is 0 Å². The average molecular weight is 129 g/mol. The first-order chi connectivity index (χ1) is 4.04. The summed E-state index contributed by atoms with van der Waals surface area (Å²) in [4.78, 5) is 0. The van der Waals surface area contributed by atoms with Crippen molar-refractivity contribution in [1.29, 1.82) is 0 Å². The highest BCUT2D eigenvalue weighted by molar-refractivity contribution is 4.60. The molecule has 0 amide bonds. The van der Waals surface area contributed by atoms with Crippen molar-refractivity contribution in [3.63, 3.8) is 0 Å². The van der Waals surface area contributed by atoms with Crippen LogP contribution >= 0.6 is 0 Å². The molecule has 55 valence electrons. The van der Waals surface area contributed by atoms with Gasteiger partial charge in [0.05, 0.1) is 6.10 Å². The highest BCUT2D eigenvalue weighted by Crippen LogP contribution is 2.14. The van der Waals surface area contributed by atoms with Gasteiger partial charge < -0.3 is 0 Å². The molecule has 0 aromatic carbocycles. The molecule has 0 aliphatic heterocycles. The predicted molar refractivity (Wildman–Crippen MR) is 38.8 cm³/mol. The third-order valence-electron chi connectivity index (χ3n) is 1.64. The van der Waals surface area contributed by atoms with Crippen molar-refractivity contribution in [1.82, 2.24) is 0 Å². The van der Waals surface area contributed by atoms with Gasteiger partial charge in [0.15, 0.2) is 0 Å². The molecular weight excluding hydrogens is 112 g/mol. The van der Waals surface area contributed by atoms with E-state index in [1.54, 1.807) is 6.92 Å². The molecule has 0 saturated heterocycles. The van der Waals surface area contributed by atoms with E-state index in [1.165, 1.54) is 0 Å². The minimum Gasteiger partial charge on any atom is -0.233 e. The van der Waals surface area contributed by atoms with Crippen LogP contribution in [0.4, 0.5) is 0 Å². The maximum absolute atomic E-state index is 10.8. The van der Waals surface area contributed by atoms with Crippen LogP contribution in [0.1, 0.15) is 34.1 Å². The fourth-order valence-corrected chi connectivity index (χ4v) is 0.935. The molecular formula is C8H17O. The fourth-order valence-electron chi connectivity index (χ4n) is 0.935. The van der Waals surface area contributed by atoms with Crippen LogP contribution in [0.15, 0.2) is 0 Å². The topological polar surface area (TPSA) is 19.9 Å². The molecule has 0 spiro atoms. The molecule has 2 atom stereocenters. The Morgan fingerprint density at radius 1 is 1.11 bits per heavy atom. The van der Waals surface area contributed by atoms with Crippen LogP contribution < -0.4 is 0 Å². The quantitative estimate of drug-likeness (QED) is 0.558. The molecule has 1 radical (unpaired) electrons. The van der Waals surface area contributed by atoms with Crippen molar-refractivity contribution in [3.8, 4) is 0 Å². The van der Waals surface area contributed by atoms with Crippen molar-refractivity contribution in [2.45, 2.75) is 40.2 Å². The number of hydrogen-bond donors (Lipinski definition) is 0. The number of hydrogen-bond acceptors (Lipinski definition) is 0. The third kappa shape index (κ3) is 4.46. The van der Waals surface area contributed by atoms with Crippen molar-refractivity contribution in [2.75, 3.05) is 0 Å². The van der Waals surface area contributed by atoms with Gasteiger partial charge in [-0.25, -0.2) is 5.11 Å². The largest absolute Gasteiger partial charge is 0.233 e. The zero-order chi connectivity index (χ0) is 7.44. The monoisotopic (exact) mass is 129 g/mol. The molecule has 1 nitrogen and oxygen atoms in total. The summed E-state index contributed by atoms with van der Waals surface area (Å²) in [6.45, 7) is 8.07. The Kier molecular flexibility index (Phi) is 3.87. The summed E-state index contributed by atoms with van der Waals surface area (Å²) in [5.41, 5.74) is 0. The average Bonchev–Trinajstić information content (AvgIpc) is 1.63. The van der Waals surface area contributed by atoms with Gasteiger partial charge in [-0.2, -0.15) is 0 Å². The van der Waals surface area contributed by atoms with Crippen molar-refractivity contribution < 1.29 is 5.11 Å². The summed E-state index contributed by atoms with van der Waals surface area (Å²) in [7, 11) is 0. The normalized spacial score (nSPS) is 18.0. The zero-order valence-corrected chi connectivity index (χ0v) is 6.85. The highest BCUT2D eigenvalue weighted by atomic mass is 16.3. The van der Waals surface area contributed by atoms with Gasteiger partial charge >= 0.3 is 0 Å². The molecule has 0 aliphatic carbocycles. The van der Waals surface area contributed by atoms with Crippen molar-refractivity contribution >= 4 is 0 Å². The number of rotatable bonds is 3. The van der Waals surface area contributed by atoms with Crippen LogP contribution in [-0.4, -0.2) is 6.10 Å². The maximum atomic E-state index is 10.8. The Labute approximate surface area is 58.1 Å². The Morgan fingerprint density at radius 2 is 1.56 bits per heavy atom. The second kappa shape index (κ2) is 3.89. The summed E-state index contributed by atoms with van der Waals surface area (Å²) in [6.07, 6.45) is 0.664. The van der Waals surface area contributed by atoms with E-state index in [1.807, 2.05) is 6.92 Å². The Balaban J connectivity index is 3.38. The molecule has 0 heterocycles. The Morgan fingerprint density at radius 3 is 1.67 bits per heavy atom.